The van der Waals surface area contributed by atoms with Gasteiger partial charge in [-0.2, -0.15) is 0 Å². The molecule has 0 unspecified atom stereocenters. The molecule has 1 N–H and O–H groups in total. The fraction of sp³-hybridized carbons (Fsp3) is 0.500. The Balaban J connectivity index is 1.49. The summed E-state index contributed by atoms with van der Waals surface area (Å²) >= 11 is 0. The second-order valence-electron chi connectivity index (χ2n) is 11.1. The topological polar surface area (TPSA) is 73.0 Å². The van der Waals surface area contributed by atoms with Gasteiger partial charge in [0.15, 0.2) is 0 Å². The van der Waals surface area contributed by atoms with Crippen molar-refractivity contribution in [2.24, 2.45) is 11.8 Å². The third kappa shape index (κ3) is 4.96. The second-order valence-corrected chi connectivity index (χ2v) is 11.1. The molecular weight excluding hydrogens is 464 g/mol. The van der Waals surface area contributed by atoms with Crippen molar-refractivity contribution in [2.75, 3.05) is 29.9 Å². The van der Waals surface area contributed by atoms with Crippen LogP contribution in [0.2, 0.25) is 0 Å². The molecule has 1 saturated carbocycles. The SMILES string of the molecule is CCC[C@H]1C(=O)N(CC2CCC2)C[C@@H]2N(CC(C)C)c3ccc(NC(=O)c4ccccc4)cc3C(=O)N21. The van der Waals surface area contributed by atoms with Gasteiger partial charge in [-0.3, -0.25) is 14.4 Å². The molecule has 196 valence electrons. The van der Waals surface area contributed by atoms with E-state index < -0.39 is 6.04 Å². The maximum Gasteiger partial charge on any atom is 0.258 e. The first kappa shape index (κ1) is 25.3. The number of piperazine rings is 1. The van der Waals surface area contributed by atoms with Gasteiger partial charge in [-0.1, -0.05) is 51.8 Å². The van der Waals surface area contributed by atoms with Crippen LogP contribution >= 0.6 is 0 Å². The summed E-state index contributed by atoms with van der Waals surface area (Å²) in [7, 11) is 0. The average molecular weight is 503 g/mol. The fourth-order valence-corrected chi connectivity index (χ4v) is 5.87. The third-order valence-corrected chi connectivity index (χ3v) is 7.89. The Labute approximate surface area is 219 Å². The number of rotatable bonds is 8. The first-order chi connectivity index (χ1) is 17.9. The van der Waals surface area contributed by atoms with Crippen LogP contribution in [0.25, 0.3) is 0 Å². The highest BCUT2D eigenvalue weighted by Crippen LogP contribution is 2.39. The van der Waals surface area contributed by atoms with Crippen molar-refractivity contribution in [2.45, 2.75) is 65.1 Å². The van der Waals surface area contributed by atoms with Crippen LogP contribution in [0.3, 0.4) is 0 Å². The molecule has 0 aromatic heterocycles. The molecule has 2 aromatic rings. The Bertz CT molecular complexity index is 1160. The van der Waals surface area contributed by atoms with Crippen molar-refractivity contribution >= 4 is 29.1 Å². The normalized spacial score (nSPS) is 21.6. The van der Waals surface area contributed by atoms with Crippen molar-refractivity contribution in [1.82, 2.24) is 9.80 Å². The summed E-state index contributed by atoms with van der Waals surface area (Å²) in [6.45, 7) is 8.54. The third-order valence-electron chi connectivity index (χ3n) is 7.89. The zero-order valence-corrected chi connectivity index (χ0v) is 22.2. The smallest absolute Gasteiger partial charge is 0.258 e. The molecule has 0 radical (unpaired) electrons. The van der Waals surface area contributed by atoms with E-state index >= 15 is 0 Å². The lowest BCUT2D eigenvalue weighted by Crippen LogP contribution is -2.70. The summed E-state index contributed by atoms with van der Waals surface area (Å²) in [4.78, 5) is 46.6. The number of amides is 3. The van der Waals surface area contributed by atoms with Crippen molar-refractivity contribution in [1.29, 1.82) is 0 Å². The molecule has 1 aliphatic carbocycles. The van der Waals surface area contributed by atoms with Crippen LogP contribution in [-0.4, -0.2) is 59.4 Å². The predicted molar refractivity (Wildman–Crippen MR) is 146 cm³/mol. The van der Waals surface area contributed by atoms with Crippen LogP contribution in [0.4, 0.5) is 11.4 Å². The summed E-state index contributed by atoms with van der Waals surface area (Å²) < 4.78 is 0. The van der Waals surface area contributed by atoms with E-state index in [0.29, 0.717) is 41.6 Å². The molecule has 7 nitrogen and oxygen atoms in total. The number of nitrogens with zero attached hydrogens (tertiary/aromatic N) is 3. The number of carbonyl (C=O) groups is 3. The number of nitrogens with one attached hydrogen (secondary N) is 1. The van der Waals surface area contributed by atoms with Crippen molar-refractivity contribution < 1.29 is 14.4 Å². The van der Waals surface area contributed by atoms with Gasteiger partial charge in [0.25, 0.3) is 11.8 Å². The lowest BCUT2D eigenvalue weighted by Gasteiger charge is -2.54. The van der Waals surface area contributed by atoms with Crippen LogP contribution < -0.4 is 10.2 Å². The number of fused-ring (bicyclic) bond motifs is 2. The molecule has 5 rings (SSSR count). The van der Waals surface area contributed by atoms with E-state index in [1.807, 2.05) is 40.1 Å². The van der Waals surface area contributed by atoms with Crippen LogP contribution in [0.5, 0.6) is 0 Å². The van der Waals surface area contributed by atoms with E-state index in [0.717, 1.165) is 25.2 Å². The summed E-state index contributed by atoms with van der Waals surface area (Å²) in [5.74, 6) is 0.705. The van der Waals surface area contributed by atoms with Crippen molar-refractivity contribution in [3.05, 3.63) is 59.7 Å². The first-order valence-electron chi connectivity index (χ1n) is 13.8. The molecule has 37 heavy (non-hydrogen) atoms. The fourth-order valence-electron chi connectivity index (χ4n) is 5.87. The Hall–Kier alpha value is -3.35. The standard InChI is InChI=1S/C30H38N4O3/c1-4-9-26-30(37)32(18-21-10-8-11-21)19-27-33(17-20(2)3)25-15-14-23(16-24(25)29(36)34(26)27)31-28(35)22-12-6-5-7-13-22/h5-7,12-16,20-21,26-27H,4,8-11,17-19H2,1-3H3,(H,31,35)/t26-,27+/m0/s1. The predicted octanol–water partition coefficient (Wildman–Crippen LogP) is 4.99. The van der Waals surface area contributed by atoms with Crippen LogP contribution in [0, 0.1) is 11.8 Å². The largest absolute Gasteiger partial charge is 0.349 e. The van der Waals surface area contributed by atoms with E-state index in [4.69, 9.17) is 0 Å². The van der Waals surface area contributed by atoms with E-state index in [9.17, 15) is 14.4 Å². The highest BCUT2D eigenvalue weighted by Gasteiger charge is 2.49. The number of hydrogen-bond donors (Lipinski definition) is 1. The zero-order chi connectivity index (χ0) is 26.1. The van der Waals surface area contributed by atoms with Gasteiger partial charge < -0.3 is 20.0 Å². The summed E-state index contributed by atoms with van der Waals surface area (Å²) in [5.41, 5.74) is 2.56. The maximum absolute atomic E-state index is 14.0. The average Bonchev–Trinajstić information content (AvgIpc) is 2.86. The molecule has 2 aliphatic heterocycles. The number of hydrogen-bond acceptors (Lipinski definition) is 4. The second kappa shape index (κ2) is 10.6. The lowest BCUT2D eigenvalue weighted by atomic mass is 9.84. The van der Waals surface area contributed by atoms with Gasteiger partial charge >= 0.3 is 0 Å². The van der Waals surface area contributed by atoms with E-state index in [1.165, 1.54) is 19.3 Å². The minimum absolute atomic E-state index is 0.0832. The lowest BCUT2D eigenvalue weighted by molar-refractivity contribution is -0.145. The van der Waals surface area contributed by atoms with Crippen molar-refractivity contribution in [3.63, 3.8) is 0 Å². The van der Waals surface area contributed by atoms with Crippen molar-refractivity contribution in [3.8, 4) is 0 Å². The van der Waals surface area contributed by atoms with Gasteiger partial charge in [0.1, 0.15) is 12.2 Å². The Morgan fingerprint density at radius 3 is 2.49 bits per heavy atom. The van der Waals surface area contributed by atoms with E-state index in [-0.39, 0.29) is 23.9 Å². The van der Waals surface area contributed by atoms with Gasteiger partial charge in [0, 0.05) is 24.3 Å². The summed E-state index contributed by atoms with van der Waals surface area (Å²) in [6, 6.07) is 14.2. The Kier molecular flexibility index (Phi) is 7.22. The molecule has 2 fully saturated rings. The highest BCUT2D eigenvalue weighted by molar-refractivity contribution is 6.08. The first-order valence-corrected chi connectivity index (χ1v) is 13.8. The minimum Gasteiger partial charge on any atom is -0.349 e. The highest BCUT2D eigenvalue weighted by atomic mass is 16.2. The van der Waals surface area contributed by atoms with Gasteiger partial charge in [-0.05, 0) is 61.4 Å². The Morgan fingerprint density at radius 1 is 1.08 bits per heavy atom. The van der Waals surface area contributed by atoms with E-state index in [1.54, 1.807) is 18.2 Å². The monoisotopic (exact) mass is 502 g/mol. The molecule has 0 spiro atoms. The van der Waals surface area contributed by atoms with Gasteiger partial charge in [-0.15, -0.1) is 0 Å². The number of carbonyl (C=O) groups excluding carboxylic acids is 3. The molecular formula is C30H38N4O3. The minimum atomic E-state index is -0.457. The molecule has 2 aromatic carbocycles. The molecule has 7 heteroatoms. The van der Waals surface area contributed by atoms with Gasteiger partial charge in [0.05, 0.1) is 17.8 Å². The van der Waals surface area contributed by atoms with Gasteiger partial charge in [0.2, 0.25) is 5.91 Å². The number of anilines is 2. The molecule has 2 heterocycles. The zero-order valence-electron chi connectivity index (χ0n) is 22.2. The molecule has 0 bridgehead atoms. The van der Waals surface area contributed by atoms with Crippen LogP contribution in [0.15, 0.2) is 48.5 Å². The maximum atomic E-state index is 14.0. The van der Waals surface area contributed by atoms with Crippen LogP contribution in [-0.2, 0) is 4.79 Å². The molecule has 3 amide bonds. The summed E-state index contributed by atoms with van der Waals surface area (Å²) in [5, 5.41) is 2.94. The van der Waals surface area contributed by atoms with Gasteiger partial charge in [-0.25, -0.2) is 0 Å². The summed E-state index contributed by atoms with van der Waals surface area (Å²) in [6.07, 6.45) is 4.92. The Morgan fingerprint density at radius 2 is 1.84 bits per heavy atom. The molecule has 1 saturated heterocycles. The molecule has 2 atom stereocenters. The van der Waals surface area contributed by atoms with Crippen LogP contribution in [0.1, 0.15) is 73.6 Å². The molecule has 3 aliphatic rings. The van der Waals surface area contributed by atoms with E-state index in [2.05, 4.69) is 31.0 Å². The number of benzene rings is 2. The quantitative estimate of drug-likeness (QED) is 0.552.